The molecule has 0 saturated carbocycles. The highest BCUT2D eigenvalue weighted by Gasteiger charge is 2.05. The van der Waals surface area contributed by atoms with E-state index in [4.69, 9.17) is 0 Å². The number of halogens is 3. The third kappa shape index (κ3) is 2.90. The summed E-state index contributed by atoms with van der Waals surface area (Å²) in [5.41, 5.74) is 1.85. The first-order chi connectivity index (χ1) is 11.1. The van der Waals surface area contributed by atoms with Crippen molar-refractivity contribution in [1.29, 1.82) is 0 Å². The highest BCUT2D eigenvalue weighted by atomic mass is 79.9. The lowest BCUT2D eigenvalue weighted by molar-refractivity contribution is 0.112. The monoisotopic (exact) mass is 376 g/mol. The Bertz CT molecular complexity index is 955. The first kappa shape index (κ1) is 15.4. The lowest BCUT2D eigenvalue weighted by Crippen LogP contribution is -1.84. The normalized spacial score (nSPS) is 10.6. The van der Waals surface area contributed by atoms with Crippen molar-refractivity contribution in [3.05, 3.63) is 70.5 Å². The topological polar surface area (TPSA) is 48.6 Å². The van der Waals surface area contributed by atoms with Crippen molar-refractivity contribution in [1.82, 2.24) is 9.97 Å². The molecule has 0 bridgehead atoms. The number of hydrogen-bond donors (Lipinski definition) is 2. The van der Waals surface area contributed by atoms with Gasteiger partial charge in [-0.05, 0) is 52.3 Å². The van der Waals surface area contributed by atoms with Crippen molar-refractivity contribution in [2.45, 2.75) is 0 Å². The first-order valence-electron chi connectivity index (χ1n) is 6.73. The molecule has 0 radical (unpaired) electrons. The third-order valence-electron chi connectivity index (χ3n) is 3.45. The van der Waals surface area contributed by atoms with Gasteiger partial charge >= 0.3 is 0 Å². The summed E-state index contributed by atoms with van der Waals surface area (Å²) in [5, 5.41) is 1.08. The molecule has 0 aliphatic rings. The van der Waals surface area contributed by atoms with E-state index in [9.17, 15) is 13.6 Å². The summed E-state index contributed by atoms with van der Waals surface area (Å²) in [5.74, 6) is -0.499. The van der Waals surface area contributed by atoms with E-state index in [0.717, 1.165) is 9.99 Å². The van der Waals surface area contributed by atoms with Crippen LogP contribution >= 0.6 is 15.9 Å². The lowest BCUT2D eigenvalue weighted by Gasteiger charge is -1.94. The quantitative estimate of drug-likeness (QED) is 0.441. The van der Waals surface area contributed by atoms with Crippen LogP contribution in [0.2, 0.25) is 0 Å². The number of hydrogen-bond acceptors (Lipinski definition) is 1. The van der Waals surface area contributed by atoms with Crippen LogP contribution in [0.25, 0.3) is 21.8 Å². The second-order valence-electron chi connectivity index (χ2n) is 4.82. The van der Waals surface area contributed by atoms with Gasteiger partial charge in [0.05, 0.1) is 11.0 Å². The standard InChI is InChI=1S/C9H6FNO.C8H5BrFN/c10-8-2-1-6(5-12)9-7(8)3-4-11-9;9-6-1-2-7(10)5-3-4-11-8(5)6/h1-5,11H;1-4,11H. The molecular weight excluding hydrogens is 366 g/mol. The molecule has 2 N–H and O–H groups in total. The molecule has 116 valence electrons. The zero-order chi connectivity index (χ0) is 16.4. The maximum absolute atomic E-state index is 13.0. The SMILES string of the molecule is Fc1ccc(Br)c2[nH]ccc12.O=Cc1ccc(F)c2cc[nH]c12. The van der Waals surface area contributed by atoms with Crippen molar-refractivity contribution >= 4 is 44.0 Å². The van der Waals surface area contributed by atoms with E-state index in [1.165, 1.54) is 18.2 Å². The summed E-state index contributed by atoms with van der Waals surface area (Å²) in [6.07, 6.45) is 4.04. The van der Waals surface area contributed by atoms with Crippen LogP contribution in [-0.2, 0) is 0 Å². The summed E-state index contributed by atoms with van der Waals surface area (Å²) < 4.78 is 26.8. The van der Waals surface area contributed by atoms with Gasteiger partial charge in [0, 0.05) is 33.2 Å². The predicted octanol–water partition coefficient (Wildman–Crippen LogP) is 5.19. The van der Waals surface area contributed by atoms with E-state index in [0.29, 0.717) is 28.1 Å². The largest absolute Gasteiger partial charge is 0.361 e. The fraction of sp³-hybridized carbons (Fsp3) is 0. The van der Waals surface area contributed by atoms with Crippen LogP contribution in [0, 0.1) is 11.6 Å². The average molecular weight is 377 g/mol. The molecule has 4 rings (SSSR count). The highest BCUT2D eigenvalue weighted by Crippen LogP contribution is 2.24. The second kappa shape index (κ2) is 6.34. The van der Waals surface area contributed by atoms with E-state index in [1.807, 2.05) is 0 Å². The van der Waals surface area contributed by atoms with Crippen LogP contribution in [0.5, 0.6) is 0 Å². The Morgan fingerprint density at radius 2 is 1.39 bits per heavy atom. The molecular formula is C17H11BrF2N2O. The Balaban J connectivity index is 0.000000136. The Morgan fingerprint density at radius 3 is 2.00 bits per heavy atom. The number of aldehydes is 1. The molecule has 0 saturated heterocycles. The molecule has 0 aliphatic heterocycles. The van der Waals surface area contributed by atoms with Crippen molar-refractivity contribution in [3.63, 3.8) is 0 Å². The molecule has 2 aromatic carbocycles. The van der Waals surface area contributed by atoms with Gasteiger partial charge in [-0.2, -0.15) is 0 Å². The number of aromatic amines is 2. The fourth-order valence-corrected chi connectivity index (χ4v) is 2.79. The molecule has 0 spiro atoms. The molecule has 0 unspecified atom stereocenters. The van der Waals surface area contributed by atoms with Crippen molar-refractivity contribution < 1.29 is 13.6 Å². The highest BCUT2D eigenvalue weighted by molar-refractivity contribution is 9.10. The number of nitrogens with one attached hydrogen (secondary N) is 2. The predicted molar refractivity (Wildman–Crippen MR) is 89.6 cm³/mol. The van der Waals surface area contributed by atoms with Gasteiger partial charge in [0.1, 0.15) is 11.6 Å². The molecule has 3 nitrogen and oxygen atoms in total. The maximum atomic E-state index is 13.0. The summed E-state index contributed by atoms with van der Waals surface area (Å²) in [6.45, 7) is 0. The molecule has 4 aromatic rings. The summed E-state index contributed by atoms with van der Waals surface area (Å²) in [4.78, 5) is 16.2. The number of fused-ring (bicyclic) bond motifs is 2. The van der Waals surface area contributed by atoms with Crippen LogP contribution in [0.1, 0.15) is 10.4 Å². The van der Waals surface area contributed by atoms with Crippen LogP contribution in [-0.4, -0.2) is 16.3 Å². The number of carbonyl (C=O) groups is 1. The fourth-order valence-electron chi connectivity index (χ4n) is 2.33. The van der Waals surface area contributed by atoms with E-state index in [2.05, 4.69) is 25.9 Å². The number of benzene rings is 2. The summed E-state index contributed by atoms with van der Waals surface area (Å²) in [6, 6.07) is 9.21. The number of carbonyl (C=O) groups excluding carboxylic acids is 1. The van der Waals surface area contributed by atoms with Crippen molar-refractivity contribution in [2.24, 2.45) is 0 Å². The minimum absolute atomic E-state index is 0.190. The second-order valence-corrected chi connectivity index (χ2v) is 5.67. The third-order valence-corrected chi connectivity index (χ3v) is 4.11. The van der Waals surface area contributed by atoms with E-state index in [-0.39, 0.29) is 11.6 Å². The Hall–Kier alpha value is -2.47. The van der Waals surface area contributed by atoms with E-state index in [1.54, 1.807) is 30.6 Å². The minimum Gasteiger partial charge on any atom is -0.361 e. The smallest absolute Gasteiger partial charge is 0.152 e. The van der Waals surface area contributed by atoms with Gasteiger partial charge in [-0.25, -0.2) is 8.78 Å². The first-order valence-corrected chi connectivity index (χ1v) is 7.53. The summed E-state index contributed by atoms with van der Waals surface area (Å²) >= 11 is 3.31. The molecule has 2 heterocycles. The zero-order valence-corrected chi connectivity index (χ0v) is 13.3. The Morgan fingerprint density at radius 1 is 0.826 bits per heavy atom. The van der Waals surface area contributed by atoms with E-state index < -0.39 is 0 Å². The molecule has 2 aromatic heterocycles. The van der Waals surface area contributed by atoms with E-state index >= 15 is 0 Å². The maximum Gasteiger partial charge on any atom is 0.152 e. The van der Waals surface area contributed by atoms with Gasteiger partial charge in [-0.1, -0.05) is 0 Å². The number of rotatable bonds is 1. The van der Waals surface area contributed by atoms with Gasteiger partial charge in [0.15, 0.2) is 6.29 Å². The van der Waals surface area contributed by atoms with Gasteiger partial charge in [-0.15, -0.1) is 0 Å². The minimum atomic E-state index is -0.308. The van der Waals surface area contributed by atoms with Gasteiger partial charge < -0.3 is 9.97 Å². The van der Waals surface area contributed by atoms with Crippen molar-refractivity contribution in [3.8, 4) is 0 Å². The van der Waals surface area contributed by atoms with Gasteiger partial charge in [0.25, 0.3) is 0 Å². The van der Waals surface area contributed by atoms with Gasteiger partial charge in [-0.3, -0.25) is 4.79 Å². The molecule has 0 aliphatic carbocycles. The zero-order valence-electron chi connectivity index (χ0n) is 11.7. The molecule has 0 amide bonds. The Labute approximate surface area is 138 Å². The molecule has 0 fully saturated rings. The van der Waals surface area contributed by atoms with Crippen LogP contribution in [0.15, 0.2) is 53.3 Å². The Kier molecular flexibility index (Phi) is 4.25. The lowest BCUT2D eigenvalue weighted by atomic mass is 10.1. The van der Waals surface area contributed by atoms with Crippen LogP contribution < -0.4 is 0 Å². The summed E-state index contributed by atoms with van der Waals surface area (Å²) in [7, 11) is 0. The molecule has 23 heavy (non-hydrogen) atoms. The van der Waals surface area contributed by atoms with Crippen LogP contribution in [0.3, 0.4) is 0 Å². The average Bonchev–Trinajstić information content (AvgIpc) is 3.22. The number of aromatic nitrogens is 2. The molecule has 6 heteroatoms. The number of H-pyrrole nitrogens is 2. The van der Waals surface area contributed by atoms with Crippen LogP contribution in [0.4, 0.5) is 8.78 Å². The van der Waals surface area contributed by atoms with Gasteiger partial charge in [0.2, 0.25) is 0 Å². The van der Waals surface area contributed by atoms with Crippen molar-refractivity contribution in [2.75, 3.05) is 0 Å². The molecule has 0 atom stereocenters.